The van der Waals surface area contributed by atoms with Gasteiger partial charge in [-0.3, -0.25) is 14.9 Å². The predicted octanol–water partition coefficient (Wildman–Crippen LogP) is 3.10. The summed E-state index contributed by atoms with van der Waals surface area (Å²) in [5.74, 6) is -1.28. The number of fused-ring (bicyclic) bond motifs is 1. The van der Waals surface area contributed by atoms with Gasteiger partial charge in [0.2, 0.25) is 5.76 Å². The van der Waals surface area contributed by atoms with Crippen LogP contribution in [0.4, 0.5) is 10.5 Å². The summed E-state index contributed by atoms with van der Waals surface area (Å²) in [6.07, 6.45) is 0. The summed E-state index contributed by atoms with van der Waals surface area (Å²) in [6, 6.07) is 11.3. The van der Waals surface area contributed by atoms with Gasteiger partial charge in [-0.2, -0.15) is 0 Å². The fourth-order valence-corrected chi connectivity index (χ4v) is 2.86. The summed E-state index contributed by atoms with van der Waals surface area (Å²) in [7, 11) is 0. The third-order valence-corrected chi connectivity index (χ3v) is 4.22. The van der Waals surface area contributed by atoms with Gasteiger partial charge in [0.1, 0.15) is 5.58 Å². The summed E-state index contributed by atoms with van der Waals surface area (Å²) in [4.78, 5) is 48.3. The number of hydrogen-bond acceptors (Lipinski definition) is 8. The third kappa shape index (κ3) is 6.10. The van der Waals surface area contributed by atoms with Crippen molar-refractivity contribution in [2.75, 3.05) is 25.1 Å². The van der Waals surface area contributed by atoms with Crippen molar-refractivity contribution in [2.24, 2.45) is 0 Å². The van der Waals surface area contributed by atoms with Crippen molar-refractivity contribution in [1.29, 1.82) is 0 Å². The van der Waals surface area contributed by atoms with Crippen LogP contribution in [-0.4, -0.2) is 37.7 Å². The summed E-state index contributed by atoms with van der Waals surface area (Å²) >= 11 is 0. The molecular weight excluding hydrogens is 432 g/mol. The molecule has 1 heterocycles. The van der Waals surface area contributed by atoms with Crippen molar-refractivity contribution < 1.29 is 33.0 Å². The van der Waals surface area contributed by atoms with Gasteiger partial charge in [0, 0.05) is 17.8 Å². The maximum absolute atomic E-state index is 12.1. The monoisotopic (exact) mass is 454 g/mol. The number of hydrogen-bond donors (Lipinski definition) is 2. The van der Waals surface area contributed by atoms with Crippen LogP contribution in [0.2, 0.25) is 0 Å². The number of nitrogens with one attached hydrogen (secondary N) is 2. The van der Waals surface area contributed by atoms with Crippen LogP contribution in [0.5, 0.6) is 11.5 Å². The molecule has 0 unspecified atom stereocenters. The molecule has 3 amide bonds. The van der Waals surface area contributed by atoms with E-state index in [4.69, 9.17) is 18.6 Å². The Balaban J connectivity index is 1.55. The van der Waals surface area contributed by atoms with E-state index in [9.17, 15) is 19.2 Å². The molecule has 0 atom stereocenters. The highest BCUT2D eigenvalue weighted by Crippen LogP contribution is 2.30. The predicted molar refractivity (Wildman–Crippen MR) is 119 cm³/mol. The molecule has 10 heteroatoms. The molecule has 0 aliphatic rings. The average molecular weight is 454 g/mol. The molecule has 0 fully saturated rings. The molecule has 2 aromatic carbocycles. The lowest BCUT2D eigenvalue weighted by Crippen LogP contribution is -2.37. The van der Waals surface area contributed by atoms with Gasteiger partial charge in [0.25, 0.3) is 5.91 Å². The van der Waals surface area contributed by atoms with Crippen molar-refractivity contribution in [1.82, 2.24) is 5.32 Å². The molecule has 172 valence electrons. The van der Waals surface area contributed by atoms with Gasteiger partial charge in [-0.1, -0.05) is 12.1 Å². The third-order valence-electron chi connectivity index (χ3n) is 4.22. The van der Waals surface area contributed by atoms with Gasteiger partial charge in [-0.05, 0) is 38.1 Å². The first-order chi connectivity index (χ1) is 15.9. The van der Waals surface area contributed by atoms with Crippen molar-refractivity contribution in [3.8, 4) is 11.5 Å². The zero-order valence-corrected chi connectivity index (χ0v) is 18.0. The lowest BCUT2D eigenvalue weighted by Gasteiger charge is -2.13. The van der Waals surface area contributed by atoms with E-state index < -0.39 is 29.9 Å². The van der Waals surface area contributed by atoms with Crippen LogP contribution in [0.15, 0.2) is 57.7 Å². The molecule has 3 rings (SSSR count). The number of imide groups is 1. The first kappa shape index (κ1) is 23.3. The number of urea groups is 1. The van der Waals surface area contributed by atoms with Crippen LogP contribution in [-0.2, 0) is 9.53 Å². The van der Waals surface area contributed by atoms with Crippen molar-refractivity contribution >= 4 is 34.6 Å². The van der Waals surface area contributed by atoms with Crippen molar-refractivity contribution in [2.45, 2.75) is 13.8 Å². The molecule has 0 saturated heterocycles. The minimum atomic E-state index is -1.01. The highest BCUT2D eigenvalue weighted by molar-refractivity contribution is 6.02. The average Bonchev–Trinajstić information content (AvgIpc) is 2.79. The number of amides is 3. The fourth-order valence-electron chi connectivity index (χ4n) is 2.86. The Morgan fingerprint density at radius 1 is 0.939 bits per heavy atom. The zero-order valence-electron chi connectivity index (χ0n) is 18.0. The molecule has 0 spiro atoms. The maximum Gasteiger partial charge on any atom is 0.374 e. The molecule has 10 nitrogen and oxygen atoms in total. The standard InChI is InChI=1S/C23H22N2O8/c1-3-30-18-10-9-14(11-19(18)31-4-2)24-23(29)25-21(27)13-32-22(28)20-12-16(26)15-7-5-6-8-17(15)33-20/h5-12H,3-4,13H2,1-2H3,(H2,24,25,27,29). The van der Waals surface area contributed by atoms with E-state index in [2.05, 4.69) is 5.32 Å². The second-order valence-corrected chi connectivity index (χ2v) is 6.58. The van der Waals surface area contributed by atoms with E-state index in [1.54, 1.807) is 36.4 Å². The van der Waals surface area contributed by atoms with Crippen LogP contribution in [0.1, 0.15) is 24.4 Å². The van der Waals surface area contributed by atoms with Crippen LogP contribution in [0.25, 0.3) is 11.0 Å². The number of esters is 1. The summed E-state index contributed by atoms with van der Waals surface area (Å²) in [6.45, 7) is 3.74. The molecule has 1 aromatic heterocycles. The Kier molecular flexibility index (Phi) is 7.64. The minimum absolute atomic E-state index is 0.211. The zero-order chi connectivity index (χ0) is 23.8. The lowest BCUT2D eigenvalue weighted by molar-refractivity contribution is -0.123. The Labute approximate surface area is 188 Å². The van der Waals surface area contributed by atoms with Gasteiger partial charge in [0.15, 0.2) is 23.5 Å². The fraction of sp³-hybridized carbons (Fsp3) is 0.217. The highest BCUT2D eigenvalue weighted by atomic mass is 16.5. The summed E-state index contributed by atoms with van der Waals surface area (Å²) in [5.41, 5.74) is 0.152. The number of ether oxygens (including phenoxy) is 3. The van der Waals surface area contributed by atoms with Gasteiger partial charge >= 0.3 is 12.0 Å². The van der Waals surface area contributed by atoms with Crippen LogP contribution in [0, 0.1) is 0 Å². The number of carbonyl (C=O) groups excluding carboxylic acids is 3. The van der Waals surface area contributed by atoms with E-state index in [0.29, 0.717) is 35.8 Å². The Morgan fingerprint density at radius 2 is 1.67 bits per heavy atom. The second kappa shape index (κ2) is 10.8. The molecule has 0 saturated carbocycles. The second-order valence-electron chi connectivity index (χ2n) is 6.58. The number of benzene rings is 2. The topological polar surface area (TPSA) is 133 Å². The lowest BCUT2D eigenvalue weighted by atomic mass is 10.2. The van der Waals surface area contributed by atoms with Crippen molar-refractivity contribution in [3.63, 3.8) is 0 Å². The molecule has 3 aromatic rings. The smallest absolute Gasteiger partial charge is 0.374 e. The number of rotatable bonds is 8. The van der Waals surface area contributed by atoms with Gasteiger partial charge in [-0.15, -0.1) is 0 Å². The quantitative estimate of drug-likeness (QED) is 0.496. The van der Waals surface area contributed by atoms with E-state index in [0.717, 1.165) is 6.07 Å². The van der Waals surface area contributed by atoms with Crippen LogP contribution < -0.4 is 25.5 Å². The Bertz CT molecular complexity index is 1230. The molecular formula is C23H22N2O8. The SMILES string of the molecule is CCOc1ccc(NC(=O)NC(=O)COC(=O)c2cc(=O)c3ccccc3o2)cc1OCC. The first-order valence-electron chi connectivity index (χ1n) is 10.1. The molecule has 0 radical (unpaired) electrons. The first-order valence-corrected chi connectivity index (χ1v) is 10.1. The summed E-state index contributed by atoms with van der Waals surface area (Å²) < 4.78 is 21.1. The number of anilines is 1. The van der Waals surface area contributed by atoms with Gasteiger partial charge in [-0.25, -0.2) is 9.59 Å². The van der Waals surface area contributed by atoms with E-state index in [-0.39, 0.29) is 11.3 Å². The van der Waals surface area contributed by atoms with Gasteiger partial charge in [0.05, 0.1) is 18.6 Å². The molecule has 0 aliphatic heterocycles. The molecule has 0 aliphatic carbocycles. The van der Waals surface area contributed by atoms with Crippen LogP contribution >= 0.6 is 0 Å². The normalized spacial score (nSPS) is 10.4. The highest BCUT2D eigenvalue weighted by Gasteiger charge is 2.17. The van der Waals surface area contributed by atoms with E-state index in [1.165, 1.54) is 6.07 Å². The Hall–Kier alpha value is -4.34. The van der Waals surface area contributed by atoms with Crippen LogP contribution in [0.3, 0.4) is 0 Å². The molecule has 2 N–H and O–H groups in total. The Morgan fingerprint density at radius 3 is 2.42 bits per heavy atom. The number of para-hydroxylation sites is 1. The molecule has 0 bridgehead atoms. The largest absolute Gasteiger partial charge is 0.490 e. The number of carbonyl (C=O) groups is 3. The van der Waals surface area contributed by atoms with Gasteiger partial charge < -0.3 is 23.9 Å². The molecule has 33 heavy (non-hydrogen) atoms. The van der Waals surface area contributed by atoms with Crippen molar-refractivity contribution in [3.05, 3.63) is 64.5 Å². The summed E-state index contributed by atoms with van der Waals surface area (Å²) in [5, 5.41) is 4.83. The van der Waals surface area contributed by atoms with E-state index in [1.807, 2.05) is 19.2 Å². The minimum Gasteiger partial charge on any atom is -0.490 e. The van der Waals surface area contributed by atoms with E-state index >= 15 is 0 Å². The maximum atomic E-state index is 12.1.